The molecule has 100 valence electrons. The predicted octanol–water partition coefficient (Wildman–Crippen LogP) is 2.89. The van der Waals surface area contributed by atoms with Crippen molar-refractivity contribution >= 4 is 0 Å². The fourth-order valence-corrected chi connectivity index (χ4v) is 2.81. The van der Waals surface area contributed by atoms with Gasteiger partial charge < -0.3 is 10.5 Å². The number of rotatable bonds is 6. The highest BCUT2D eigenvalue weighted by Crippen LogP contribution is 2.38. The topological polar surface area (TPSA) is 35.2 Å². The van der Waals surface area contributed by atoms with E-state index in [0.717, 1.165) is 26.2 Å². The lowest BCUT2D eigenvalue weighted by Crippen LogP contribution is -2.48. The third-order valence-corrected chi connectivity index (χ3v) is 4.00. The summed E-state index contributed by atoms with van der Waals surface area (Å²) in [7, 11) is 0. The first kappa shape index (κ1) is 13.6. The molecule has 2 N–H and O–H groups in total. The zero-order chi connectivity index (χ0) is 13.0. The molecule has 0 aromatic heterocycles. The molecule has 1 heterocycles. The Labute approximate surface area is 111 Å². The van der Waals surface area contributed by atoms with Crippen molar-refractivity contribution in [3.8, 4) is 0 Å². The first-order valence-corrected chi connectivity index (χ1v) is 7.07. The molecule has 1 aromatic rings. The van der Waals surface area contributed by atoms with Gasteiger partial charge in [-0.05, 0) is 36.4 Å². The van der Waals surface area contributed by atoms with Gasteiger partial charge in [-0.3, -0.25) is 0 Å². The number of nitrogens with two attached hydrogens (primary N) is 1. The molecule has 0 bridgehead atoms. The van der Waals surface area contributed by atoms with Crippen molar-refractivity contribution in [2.24, 2.45) is 11.7 Å². The van der Waals surface area contributed by atoms with Crippen LogP contribution in [0.1, 0.15) is 37.8 Å². The zero-order valence-electron chi connectivity index (χ0n) is 11.6. The summed E-state index contributed by atoms with van der Waals surface area (Å²) in [5.41, 5.74) is 8.84. The van der Waals surface area contributed by atoms with Gasteiger partial charge in [0.25, 0.3) is 0 Å². The number of hydrogen-bond acceptors (Lipinski definition) is 2. The average Bonchev–Trinajstić information content (AvgIpc) is 2.35. The monoisotopic (exact) mass is 247 g/mol. The standard InChI is InChI=1S/C16H25NO/c1-3-4-14-5-7-15(8-6-14)16(11-18-12-16)9-13(2)10-17/h5-8,13H,3-4,9-12,17H2,1-2H3. The Bertz CT molecular complexity index is 367. The molecule has 1 atom stereocenters. The van der Waals surface area contributed by atoms with Crippen molar-refractivity contribution in [2.75, 3.05) is 19.8 Å². The van der Waals surface area contributed by atoms with Gasteiger partial charge >= 0.3 is 0 Å². The second-order valence-electron chi connectivity index (χ2n) is 5.77. The molecule has 2 heteroatoms. The highest BCUT2D eigenvalue weighted by atomic mass is 16.5. The molecule has 2 rings (SSSR count). The maximum absolute atomic E-state index is 5.76. The Hall–Kier alpha value is -0.860. The quantitative estimate of drug-likeness (QED) is 0.839. The minimum absolute atomic E-state index is 0.226. The van der Waals surface area contributed by atoms with Gasteiger partial charge in [-0.1, -0.05) is 44.5 Å². The van der Waals surface area contributed by atoms with Gasteiger partial charge in [-0.2, -0.15) is 0 Å². The van der Waals surface area contributed by atoms with Crippen LogP contribution in [-0.2, 0) is 16.6 Å². The van der Waals surface area contributed by atoms with Crippen molar-refractivity contribution < 1.29 is 4.74 Å². The molecular weight excluding hydrogens is 222 g/mol. The molecule has 1 saturated heterocycles. The molecular formula is C16H25NO. The van der Waals surface area contributed by atoms with Crippen LogP contribution in [0.4, 0.5) is 0 Å². The van der Waals surface area contributed by atoms with E-state index in [9.17, 15) is 0 Å². The highest BCUT2D eigenvalue weighted by Gasteiger charge is 2.40. The van der Waals surface area contributed by atoms with Gasteiger partial charge in [0.2, 0.25) is 0 Å². The Morgan fingerprint density at radius 2 is 1.94 bits per heavy atom. The van der Waals surface area contributed by atoms with Gasteiger partial charge in [-0.25, -0.2) is 0 Å². The van der Waals surface area contributed by atoms with Crippen LogP contribution in [-0.4, -0.2) is 19.8 Å². The van der Waals surface area contributed by atoms with Gasteiger partial charge in [0, 0.05) is 5.41 Å². The molecule has 1 unspecified atom stereocenters. The Morgan fingerprint density at radius 3 is 2.39 bits per heavy atom. The summed E-state index contributed by atoms with van der Waals surface area (Å²) in [6.07, 6.45) is 3.51. The van der Waals surface area contributed by atoms with Crippen molar-refractivity contribution in [2.45, 2.75) is 38.5 Å². The second kappa shape index (κ2) is 5.85. The van der Waals surface area contributed by atoms with Crippen LogP contribution >= 0.6 is 0 Å². The summed E-state index contributed by atoms with van der Waals surface area (Å²) < 4.78 is 5.47. The lowest BCUT2D eigenvalue weighted by molar-refractivity contribution is -0.0702. The lowest BCUT2D eigenvalue weighted by Gasteiger charge is -2.43. The molecule has 0 aliphatic carbocycles. The largest absolute Gasteiger partial charge is 0.379 e. The third kappa shape index (κ3) is 2.76. The SMILES string of the molecule is CCCc1ccc(C2(CC(C)CN)COC2)cc1. The van der Waals surface area contributed by atoms with Crippen molar-refractivity contribution in [3.05, 3.63) is 35.4 Å². The zero-order valence-corrected chi connectivity index (χ0v) is 11.6. The minimum atomic E-state index is 0.226. The molecule has 2 nitrogen and oxygen atoms in total. The first-order chi connectivity index (χ1) is 8.70. The maximum Gasteiger partial charge on any atom is 0.0585 e. The molecule has 0 radical (unpaired) electrons. The number of ether oxygens (including phenoxy) is 1. The first-order valence-electron chi connectivity index (χ1n) is 7.07. The van der Waals surface area contributed by atoms with E-state index in [2.05, 4.69) is 38.1 Å². The molecule has 1 aliphatic rings. The molecule has 1 fully saturated rings. The van der Waals surface area contributed by atoms with Gasteiger partial charge in [-0.15, -0.1) is 0 Å². The van der Waals surface area contributed by atoms with Crippen LogP contribution in [0.2, 0.25) is 0 Å². The second-order valence-corrected chi connectivity index (χ2v) is 5.77. The van der Waals surface area contributed by atoms with Crippen molar-refractivity contribution in [3.63, 3.8) is 0 Å². The fourth-order valence-electron chi connectivity index (χ4n) is 2.81. The van der Waals surface area contributed by atoms with E-state index in [0.29, 0.717) is 5.92 Å². The number of aryl methyl sites for hydroxylation is 1. The maximum atomic E-state index is 5.76. The van der Waals surface area contributed by atoms with E-state index in [1.165, 1.54) is 24.0 Å². The van der Waals surface area contributed by atoms with Crippen LogP contribution in [0.3, 0.4) is 0 Å². The molecule has 0 spiro atoms. The lowest BCUT2D eigenvalue weighted by atomic mass is 9.72. The minimum Gasteiger partial charge on any atom is -0.379 e. The molecule has 0 saturated carbocycles. The van der Waals surface area contributed by atoms with Gasteiger partial charge in [0.15, 0.2) is 0 Å². The van der Waals surface area contributed by atoms with E-state index >= 15 is 0 Å². The normalized spacial score (nSPS) is 19.3. The molecule has 0 amide bonds. The molecule has 1 aromatic carbocycles. The van der Waals surface area contributed by atoms with Gasteiger partial charge in [0.1, 0.15) is 0 Å². The van der Waals surface area contributed by atoms with Gasteiger partial charge in [0.05, 0.1) is 13.2 Å². The molecule has 18 heavy (non-hydrogen) atoms. The number of hydrogen-bond donors (Lipinski definition) is 1. The summed E-state index contributed by atoms with van der Waals surface area (Å²) in [5, 5.41) is 0. The highest BCUT2D eigenvalue weighted by molar-refractivity contribution is 5.31. The molecule has 1 aliphatic heterocycles. The van der Waals surface area contributed by atoms with Crippen LogP contribution in [0.15, 0.2) is 24.3 Å². The summed E-state index contributed by atoms with van der Waals surface area (Å²) in [5.74, 6) is 0.559. The Kier molecular flexibility index (Phi) is 4.41. The van der Waals surface area contributed by atoms with Crippen LogP contribution in [0.5, 0.6) is 0 Å². The summed E-state index contributed by atoms with van der Waals surface area (Å²) in [6.45, 7) is 6.91. The Balaban J connectivity index is 2.12. The van der Waals surface area contributed by atoms with Crippen LogP contribution in [0, 0.1) is 5.92 Å². The smallest absolute Gasteiger partial charge is 0.0585 e. The van der Waals surface area contributed by atoms with E-state index in [-0.39, 0.29) is 5.41 Å². The van der Waals surface area contributed by atoms with Crippen molar-refractivity contribution in [1.82, 2.24) is 0 Å². The summed E-state index contributed by atoms with van der Waals surface area (Å²) in [4.78, 5) is 0. The summed E-state index contributed by atoms with van der Waals surface area (Å²) >= 11 is 0. The predicted molar refractivity (Wildman–Crippen MR) is 75.8 cm³/mol. The fraction of sp³-hybridized carbons (Fsp3) is 0.625. The van der Waals surface area contributed by atoms with E-state index in [1.807, 2.05) is 0 Å². The van der Waals surface area contributed by atoms with Crippen LogP contribution in [0.25, 0.3) is 0 Å². The number of benzene rings is 1. The van der Waals surface area contributed by atoms with E-state index in [4.69, 9.17) is 10.5 Å². The van der Waals surface area contributed by atoms with Crippen molar-refractivity contribution in [1.29, 1.82) is 0 Å². The van der Waals surface area contributed by atoms with E-state index < -0.39 is 0 Å². The van der Waals surface area contributed by atoms with E-state index in [1.54, 1.807) is 0 Å². The Morgan fingerprint density at radius 1 is 1.28 bits per heavy atom. The van der Waals surface area contributed by atoms with Crippen LogP contribution < -0.4 is 5.73 Å². The average molecular weight is 247 g/mol. The summed E-state index contributed by atoms with van der Waals surface area (Å²) in [6, 6.07) is 9.12. The third-order valence-electron chi connectivity index (χ3n) is 4.00.